The minimum atomic E-state index is -3.73. The van der Waals surface area contributed by atoms with Crippen molar-refractivity contribution in [3.63, 3.8) is 0 Å². The molecule has 2 fully saturated rings. The molecule has 6 rings (SSSR count). The zero-order valence-corrected chi connectivity index (χ0v) is 18.2. The van der Waals surface area contributed by atoms with Crippen LogP contribution in [-0.2, 0) is 15.0 Å². The summed E-state index contributed by atoms with van der Waals surface area (Å²) in [6.07, 6.45) is -2.20. The van der Waals surface area contributed by atoms with Crippen LogP contribution in [0.1, 0.15) is 43.4 Å². The average molecular weight is 474 g/mol. The van der Waals surface area contributed by atoms with Crippen LogP contribution in [-0.4, -0.2) is 41.7 Å². The van der Waals surface area contributed by atoms with Crippen molar-refractivity contribution in [2.75, 3.05) is 13.1 Å². The Labute approximate surface area is 192 Å². The van der Waals surface area contributed by atoms with Gasteiger partial charge in [0.05, 0.1) is 24.5 Å². The van der Waals surface area contributed by atoms with E-state index in [0.29, 0.717) is 49.2 Å². The van der Waals surface area contributed by atoms with Gasteiger partial charge in [-0.3, -0.25) is 9.59 Å². The molecule has 1 aliphatic carbocycles. The number of alkyl halides is 2. The van der Waals surface area contributed by atoms with Crippen molar-refractivity contribution < 1.29 is 37.0 Å². The highest BCUT2D eigenvalue weighted by molar-refractivity contribution is 5.92. The van der Waals surface area contributed by atoms with Crippen molar-refractivity contribution in [1.82, 2.24) is 10.2 Å². The summed E-state index contributed by atoms with van der Waals surface area (Å²) in [5.41, 5.74) is -0.348. The summed E-state index contributed by atoms with van der Waals surface area (Å²) in [5.74, 6) is -0.628. The lowest BCUT2D eigenvalue weighted by Gasteiger charge is -2.53. The van der Waals surface area contributed by atoms with Gasteiger partial charge in [-0.15, -0.1) is 8.78 Å². The highest BCUT2D eigenvalue weighted by Crippen LogP contribution is 2.53. The lowest BCUT2D eigenvalue weighted by molar-refractivity contribution is -0.286. The Morgan fingerprint density at radius 1 is 1.00 bits per heavy atom. The molecule has 34 heavy (non-hydrogen) atoms. The maximum atomic E-state index is 13.9. The van der Waals surface area contributed by atoms with Crippen LogP contribution in [0.25, 0.3) is 0 Å². The summed E-state index contributed by atoms with van der Waals surface area (Å²) in [7, 11) is 0. The summed E-state index contributed by atoms with van der Waals surface area (Å²) < 4.78 is 55.9. The van der Waals surface area contributed by atoms with Gasteiger partial charge in [0, 0.05) is 25.0 Å². The number of rotatable bonds is 3. The molecule has 0 bridgehead atoms. The van der Waals surface area contributed by atoms with Crippen LogP contribution in [0.2, 0.25) is 0 Å². The van der Waals surface area contributed by atoms with Gasteiger partial charge in [0.1, 0.15) is 17.2 Å². The van der Waals surface area contributed by atoms with Crippen molar-refractivity contribution in [3.05, 3.63) is 53.3 Å². The molecule has 10 heteroatoms. The Balaban J connectivity index is 1.26. The molecule has 2 aromatic rings. The van der Waals surface area contributed by atoms with Crippen molar-refractivity contribution in [3.8, 4) is 17.2 Å². The lowest BCUT2D eigenvalue weighted by atomic mass is 9.81. The van der Waals surface area contributed by atoms with Crippen LogP contribution in [0.4, 0.5) is 13.2 Å². The normalized spacial score (nSPS) is 24.0. The van der Waals surface area contributed by atoms with Gasteiger partial charge in [0.2, 0.25) is 11.8 Å². The standard InChI is InChI=1S/C24H21F3N2O5/c1-13(30)29-11-22(12-29)10-17(16-4-3-15(25)9-19(16)32-22)28-21(31)23(6-7-23)14-2-5-18-20(8-14)34-24(26,27)33-18/h2-5,8-9,17H,6-7,10-12H2,1H3,(H,28,31). The van der Waals surface area contributed by atoms with Crippen LogP contribution in [0.15, 0.2) is 36.4 Å². The molecule has 178 valence electrons. The number of carbonyl (C=O) groups is 2. The zero-order valence-electron chi connectivity index (χ0n) is 18.2. The lowest BCUT2D eigenvalue weighted by Crippen LogP contribution is -2.68. The molecule has 1 unspecified atom stereocenters. The van der Waals surface area contributed by atoms with Crippen LogP contribution in [0, 0.1) is 5.82 Å². The maximum absolute atomic E-state index is 13.9. The van der Waals surface area contributed by atoms with Gasteiger partial charge in [0.15, 0.2) is 11.5 Å². The van der Waals surface area contributed by atoms with Crippen LogP contribution >= 0.6 is 0 Å². The van der Waals surface area contributed by atoms with Crippen molar-refractivity contribution in [2.45, 2.75) is 49.5 Å². The van der Waals surface area contributed by atoms with E-state index in [1.54, 1.807) is 17.0 Å². The summed E-state index contributed by atoms with van der Waals surface area (Å²) in [6, 6.07) is 8.14. The number of nitrogens with zero attached hydrogens (tertiary/aromatic N) is 1. The Kier molecular flexibility index (Phi) is 4.23. The van der Waals surface area contributed by atoms with Gasteiger partial charge in [-0.1, -0.05) is 12.1 Å². The Bertz CT molecular complexity index is 1220. The molecule has 1 spiro atoms. The molecule has 1 N–H and O–H groups in total. The van der Waals surface area contributed by atoms with Gasteiger partial charge < -0.3 is 24.4 Å². The molecule has 2 amide bonds. The quantitative estimate of drug-likeness (QED) is 0.738. The Hall–Kier alpha value is -3.43. The molecule has 1 atom stereocenters. The monoisotopic (exact) mass is 474 g/mol. The average Bonchev–Trinajstić information content (AvgIpc) is 3.48. The maximum Gasteiger partial charge on any atom is 0.586 e. The predicted octanol–water partition coefficient (Wildman–Crippen LogP) is 3.42. The summed E-state index contributed by atoms with van der Waals surface area (Å²) in [6.45, 7) is 2.18. The van der Waals surface area contributed by atoms with E-state index in [4.69, 9.17) is 4.74 Å². The molecule has 1 saturated carbocycles. The summed E-state index contributed by atoms with van der Waals surface area (Å²) >= 11 is 0. The second-order valence-electron chi connectivity index (χ2n) is 9.48. The SMILES string of the molecule is CC(=O)N1CC2(CC(NC(=O)C3(c4ccc5c(c4)OC(F)(F)O5)CC3)c3ccc(F)cc3O2)C1. The van der Waals surface area contributed by atoms with Gasteiger partial charge in [-0.25, -0.2) is 4.39 Å². The number of nitrogens with one attached hydrogen (secondary N) is 1. The predicted molar refractivity (Wildman–Crippen MR) is 111 cm³/mol. The van der Waals surface area contributed by atoms with E-state index < -0.39 is 29.2 Å². The molecule has 0 aromatic heterocycles. The van der Waals surface area contributed by atoms with E-state index in [9.17, 15) is 22.8 Å². The topological polar surface area (TPSA) is 77.1 Å². The Morgan fingerprint density at radius 3 is 2.44 bits per heavy atom. The number of benzene rings is 2. The Morgan fingerprint density at radius 2 is 1.74 bits per heavy atom. The van der Waals surface area contributed by atoms with E-state index in [0.717, 1.165) is 0 Å². The number of carbonyl (C=O) groups excluding carboxylic acids is 2. The minimum absolute atomic E-state index is 0.0766. The highest BCUT2D eigenvalue weighted by atomic mass is 19.3. The van der Waals surface area contributed by atoms with Gasteiger partial charge in [0.25, 0.3) is 0 Å². The molecular formula is C24H21F3N2O5. The van der Waals surface area contributed by atoms with Crippen LogP contribution in [0.3, 0.4) is 0 Å². The second kappa shape index (κ2) is 6.80. The van der Waals surface area contributed by atoms with Crippen LogP contribution < -0.4 is 19.5 Å². The molecule has 3 aliphatic heterocycles. The van der Waals surface area contributed by atoms with E-state index in [1.807, 2.05) is 0 Å². The van der Waals surface area contributed by atoms with E-state index >= 15 is 0 Å². The number of likely N-dealkylation sites (tertiary alicyclic amines) is 1. The van der Waals surface area contributed by atoms with Crippen LogP contribution in [0.5, 0.6) is 17.2 Å². The third-order valence-corrected chi connectivity index (χ3v) is 7.10. The van der Waals surface area contributed by atoms with Crippen molar-refractivity contribution in [1.29, 1.82) is 0 Å². The smallest absolute Gasteiger partial charge is 0.483 e. The van der Waals surface area contributed by atoms with Crippen molar-refractivity contribution >= 4 is 11.8 Å². The fourth-order valence-corrected chi connectivity index (χ4v) is 5.15. The number of ether oxygens (including phenoxy) is 3. The molecule has 7 nitrogen and oxygen atoms in total. The summed E-state index contributed by atoms with van der Waals surface area (Å²) in [4.78, 5) is 26.8. The number of halogens is 3. The van der Waals surface area contributed by atoms with Gasteiger partial charge in [-0.2, -0.15) is 0 Å². The number of hydrogen-bond acceptors (Lipinski definition) is 5. The third-order valence-electron chi connectivity index (χ3n) is 7.10. The fourth-order valence-electron chi connectivity index (χ4n) is 5.15. The highest BCUT2D eigenvalue weighted by Gasteiger charge is 2.55. The third kappa shape index (κ3) is 3.26. The molecule has 1 saturated heterocycles. The first-order valence-electron chi connectivity index (χ1n) is 11.0. The first-order chi connectivity index (χ1) is 16.1. The minimum Gasteiger partial charge on any atom is -0.483 e. The molecular weight excluding hydrogens is 453 g/mol. The second-order valence-corrected chi connectivity index (χ2v) is 9.48. The largest absolute Gasteiger partial charge is 0.586 e. The number of hydrogen-bond donors (Lipinski definition) is 1. The van der Waals surface area contributed by atoms with E-state index in [2.05, 4.69) is 14.8 Å². The van der Waals surface area contributed by atoms with E-state index in [-0.39, 0.29) is 23.3 Å². The molecule has 0 radical (unpaired) electrons. The first kappa shape index (κ1) is 21.1. The summed E-state index contributed by atoms with van der Waals surface area (Å²) in [5, 5.41) is 3.08. The van der Waals surface area contributed by atoms with Gasteiger partial charge in [-0.05, 0) is 36.6 Å². The first-order valence-corrected chi connectivity index (χ1v) is 11.0. The molecule has 2 aromatic carbocycles. The number of fused-ring (bicyclic) bond motifs is 2. The van der Waals surface area contributed by atoms with Crippen molar-refractivity contribution in [2.24, 2.45) is 0 Å². The number of amides is 2. The zero-order chi connectivity index (χ0) is 23.9. The fraction of sp³-hybridized carbons (Fsp3) is 0.417. The molecule has 4 aliphatic rings. The van der Waals surface area contributed by atoms with E-state index in [1.165, 1.54) is 31.2 Å². The van der Waals surface area contributed by atoms with Gasteiger partial charge >= 0.3 is 6.29 Å². The molecule has 3 heterocycles.